The largest absolute Gasteiger partial charge is 0.355 e. The van der Waals surface area contributed by atoms with Crippen LogP contribution >= 0.6 is 0 Å². The van der Waals surface area contributed by atoms with E-state index in [-0.39, 0.29) is 23.5 Å². The maximum Gasteiger partial charge on any atom is 0.253 e. The highest BCUT2D eigenvalue weighted by Crippen LogP contribution is 2.19. The molecule has 3 rings (SSSR count). The Hall–Kier alpha value is -1.95. The van der Waals surface area contributed by atoms with Gasteiger partial charge in [0.25, 0.3) is 5.91 Å². The molecule has 1 saturated heterocycles. The normalized spacial score (nSPS) is 21.2. The van der Waals surface area contributed by atoms with Crippen molar-refractivity contribution in [1.29, 1.82) is 0 Å². The van der Waals surface area contributed by atoms with Crippen LogP contribution in [0.25, 0.3) is 0 Å². The molecule has 2 N–H and O–H groups in total. The van der Waals surface area contributed by atoms with Crippen LogP contribution in [-0.4, -0.2) is 48.9 Å². The van der Waals surface area contributed by atoms with Crippen molar-refractivity contribution in [3.8, 4) is 0 Å². The number of rotatable bonds is 6. The fraction of sp³-hybridized carbons (Fsp3) is 0.636. The van der Waals surface area contributed by atoms with Gasteiger partial charge in [-0.05, 0) is 49.9 Å². The molecule has 1 atom stereocenters. The van der Waals surface area contributed by atoms with Gasteiger partial charge in [0.2, 0.25) is 5.91 Å². The van der Waals surface area contributed by atoms with E-state index in [9.17, 15) is 14.0 Å². The van der Waals surface area contributed by atoms with Crippen molar-refractivity contribution in [2.24, 2.45) is 5.92 Å². The third-order valence-electron chi connectivity index (χ3n) is 5.88. The molecule has 154 valence electrons. The van der Waals surface area contributed by atoms with Crippen molar-refractivity contribution in [2.45, 2.75) is 57.4 Å². The first-order valence-electron chi connectivity index (χ1n) is 10.7. The molecule has 0 aromatic heterocycles. The van der Waals surface area contributed by atoms with Crippen LogP contribution in [-0.2, 0) is 4.79 Å². The van der Waals surface area contributed by atoms with Crippen LogP contribution in [0.1, 0.15) is 61.7 Å². The van der Waals surface area contributed by atoms with E-state index in [2.05, 4.69) is 10.6 Å². The average Bonchev–Trinajstić information content (AvgIpc) is 3.00. The first kappa shape index (κ1) is 20.8. The monoisotopic (exact) mass is 389 g/mol. The first-order chi connectivity index (χ1) is 13.6. The van der Waals surface area contributed by atoms with E-state index >= 15 is 0 Å². The highest BCUT2D eigenvalue weighted by molar-refractivity contribution is 5.94. The van der Waals surface area contributed by atoms with E-state index in [1.165, 1.54) is 62.8 Å². The lowest BCUT2D eigenvalue weighted by atomic mass is 9.96. The molecular weight excluding hydrogens is 357 g/mol. The maximum absolute atomic E-state index is 13.1. The molecule has 2 fully saturated rings. The summed E-state index contributed by atoms with van der Waals surface area (Å²) in [4.78, 5) is 26.8. The van der Waals surface area contributed by atoms with Gasteiger partial charge in [0.15, 0.2) is 0 Å². The molecule has 1 unspecified atom stereocenters. The van der Waals surface area contributed by atoms with Gasteiger partial charge in [-0.2, -0.15) is 0 Å². The number of carbonyl (C=O) groups is 2. The van der Waals surface area contributed by atoms with Crippen molar-refractivity contribution in [2.75, 3.05) is 26.2 Å². The lowest BCUT2D eigenvalue weighted by Gasteiger charge is -2.32. The number of hydrogen-bond acceptors (Lipinski definition) is 3. The molecule has 1 aromatic rings. The van der Waals surface area contributed by atoms with Crippen LogP contribution in [0.15, 0.2) is 24.3 Å². The van der Waals surface area contributed by atoms with Gasteiger partial charge in [0, 0.05) is 37.8 Å². The Morgan fingerprint density at radius 2 is 1.68 bits per heavy atom. The minimum atomic E-state index is -0.357. The highest BCUT2D eigenvalue weighted by atomic mass is 19.1. The topological polar surface area (TPSA) is 61.4 Å². The average molecular weight is 390 g/mol. The molecule has 0 spiro atoms. The van der Waals surface area contributed by atoms with Crippen LogP contribution in [0.5, 0.6) is 0 Å². The minimum Gasteiger partial charge on any atom is -0.355 e. The van der Waals surface area contributed by atoms with Crippen LogP contribution in [0.2, 0.25) is 0 Å². The zero-order valence-corrected chi connectivity index (χ0v) is 16.6. The molecule has 2 amide bonds. The summed E-state index contributed by atoms with van der Waals surface area (Å²) in [5, 5.41) is 6.59. The van der Waals surface area contributed by atoms with E-state index in [4.69, 9.17) is 0 Å². The third kappa shape index (κ3) is 6.03. The predicted octanol–water partition coefficient (Wildman–Crippen LogP) is 3.11. The van der Waals surface area contributed by atoms with Gasteiger partial charge in [-0.25, -0.2) is 4.39 Å². The van der Waals surface area contributed by atoms with Gasteiger partial charge in [0.05, 0.1) is 5.92 Å². The van der Waals surface area contributed by atoms with Crippen molar-refractivity contribution in [1.82, 2.24) is 15.5 Å². The third-order valence-corrected chi connectivity index (χ3v) is 5.88. The Balaban J connectivity index is 1.41. The summed E-state index contributed by atoms with van der Waals surface area (Å²) < 4.78 is 13.1. The standard InChI is InChI=1S/C22H32FN3O2/c23-19-11-9-17(10-12-19)22(28)26-15-5-6-18(16-26)21(27)25-14-13-24-20-7-3-1-2-4-8-20/h9-12,18,20,24H,1-8,13-16H2,(H,25,27). The minimum absolute atomic E-state index is 0.0271. The quantitative estimate of drug-likeness (QED) is 0.581. The summed E-state index contributed by atoms with van der Waals surface area (Å²) in [5.41, 5.74) is 0.468. The van der Waals surface area contributed by atoms with Crippen molar-refractivity contribution in [3.63, 3.8) is 0 Å². The molecule has 28 heavy (non-hydrogen) atoms. The number of benzene rings is 1. The summed E-state index contributed by atoms with van der Waals surface area (Å²) in [6.45, 7) is 2.49. The lowest BCUT2D eigenvalue weighted by molar-refractivity contribution is -0.126. The molecule has 6 heteroatoms. The summed E-state index contributed by atoms with van der Waals surface area (Å²) >= 11 is 0. The van der Waals surface area contributed by atoms with Crippen LogP contribution < -0.4 is 10.6 Å². The molecular formula is C22H32FN3O2. The van der Waals surface area contributed by atoms with Gasteiger partial charge in [-0.3, -0.25) is 9.59 Å². The Bertz CT molecular complexity index is 642. The molecule has 1 aliphatic heterocycles. The predicted molar refractivity (Wildman–Crippen MR) is 108 cm³/mol. The van der Waals surface area contributed by atoms with E-state index < -0.39 is 0 Å². The molecule has 0 bridgehead atoms. The summed E-state index contributed by atoms with van der Waals surface area (Å²) in [7, 11) is 0. The van der Waals surface area contributed by atoms with Crippen molar-refractivity contribution >= 4 is 11.8 Å². The van der Waals surface area contributed by atoms with Gasteiger partial charge >= 0.3 is 0 Å². The van der Waals surface area contributed by atoms with Crippen LogP contribution in [0.4, 0.5) is 4.39 Å². The molecule has 1 heterocycles. The second-order valence-corrected chi connectivity index (χ2v) is 8.03. The lowest BCUT2D eigenvalue weighted by Crippen LogP contribution is -2.46. The maximum atomic E-state index is 13.1. The van der Waals surface area contributed by atoms with Crippen LogP contribution in [0, 0.1) is 11.7 Å². The summed E-state index contributed by atoms with van der Waals surface area (Å²) in [6.07, 6.45) is 9.34. The number of nitrogens with one attached hydrogen (secondary N) is 2. The first-order valence-corrected chi connectivity index (χ1v) is 10.7. The number of likely N-dealkylation sites (tertiary alicyclic amines) is 1. The Morgan fingerprint density at radius 3 is 2.39 bits per heavy atom. The second-order valence-electron chi connectivity index (χ2n) is 8.03. The number of halogens is 1. The fourth-order valence-electron chi connectivity index (χ4n) is 4.24. The van der Waals surface area contributed by atoms with Crippen LogP contribution in [0.3, 0.4) is 0 Å². The molecule has 1 aliphatic carbocycles. The fourth-order valence-corrected chi connectivity index (χ4v) is 4.24. The van der Waals surface area contributed by atoms with Crippen molar-refractivity contribution in [3.05, 3.63) is 35.6 Å². The number of hydrogen-bond donors (Lipinski definition) is 2. The van der Waals surface area contributed by atoms with E-state index in [0.717, 1.165) is 19.4 Å². The van der Waals surface area contributed by atoms with E-state index in [1.54, 1.807) is 4.90 Å². The van der Waals surface area contributed by atoms with Gasteiger partial charge in [0.1, 0.15) is 5.82 Å². The zero-order valence-electron chi connectivity index (χ0n) is 16.6. The molecule has 0 radical (unpaired) electrons. The zero-order chi connectivity index (χ0) is 19.8. The summed E-state index contributed by atoms with van der Waals surface area (Å²) in [6, 6.07) is 6.17. The molecule has 5 nitrogen and oxygen atoms in total. The van der Waals surface area contributed by atoms with Gasteiger partial charge < -0.3 is 15.5 Å². The number of piperidine rings is 1. The SMILES string of the molecule is O=C(NCCNC1CCCCCC1)C1CCCN(C(=O)c2ccc(F)cc2)C1. The van der Waals surface area contributed by atoms with Gasteiger partial charge in [-0.15, -0.1) is 0 Å². The smallest absolute Gasteiger partial charge is 0.253 e. The Morgan fingerprint density at radius 1 is 0.964 bits per heavy atom. The number of amides is 2. The molecule has 1 saturated carbocycles. The highest BCUT2D eigenvalue weighted by Gasteiger charge is 2.28. The second kappa shape index (κ2) is 10.6. The Kier molecular flexibility index (Phi) is 7.83. The molecule has 1 aromatic carbocycles. The number of carbonyl (C=O) groups excluding carboxylic acids is 2. The van der Waals surface area contributed by atoms with Crippen molar-refractivity contribution < 1.29 is 14.0 Å². The summed E-state index contributed by atoms with van der Waals surface area (Å²) in [5.74, 6) is -0.632. The van der Waals surface area contributed by atoms with E-state index in [1.807, 2.05) is 0 Å². The number of nitrogens with zero attached hydrogens (tertiary/aromatic N) is 1. The molecule has 2 aliphatic rings. The Labute approximate surface area is 167 Å². The van der Waals surface area contributed by atoms with Gasteiger partial charge in [-0.1, -0.05) is 25.7 Å². The van der Waals surface area contributed by atoms with E-state index in [0.29, 0.717) is 31.2 Å².